The summed E-state index contributed by atoms with van der Waals surface area (Å²) in [4.78, 5) is 29.0. The molecule has 1 atom stereocenters. The Balaban J connectivity index is 1.10. The first-order chi connectivity index (χ1) is 18.3. The van der Waals surface area contributed by atoms with E-state index >= 15 is 0 Å². The van der Waals surface area contributed by atoms with Gasteiger partial charge in [-0.05, 0) is 45.7 Å². The van der Waals surface area contributed by atoms with Gasteiger partial charge in [-0.25, -0.2) is 9.48 Å². The molecule has 38 heavy (non-hydrogen) atoms. The molecule has 1 fully saturated rings. The molecule has 0 bridgehead atoms. The maximum Gasteiger partial charge on any atom is 0.425 e. The van der Waals surface area contributed by atoms with Crippen LogP contribution in [0.15, 0.2) is 54.4 Å². The maximum atomic E-state index is 13.1. The first-order valence-electron chi connectivity index (χ1n) is 12.5. The Hall–Kier alpha value is -3.80. The van der Waals surface area contributed by atoms with Crippen molar-refractivity contribution in [3.63, 3.8) is 0 Å². The van der Waals surface area contributed by atoms with Crippen LogP contribution in [0.5, 0.6) is 0 Å². The van der Waals surface area contributed by atoms with Gasteiger partial charge in [-0.3, -0.25) is 9.69 Å². The molecule has 1 aromatic carbocycles. The van der Waals surface area contributed by atoms with E-state index < -0.39 is 18.2 Å². The molecule has 0 spiro atoms. The topological polar surface area (TPSA) is 93.5 Å². The number of carbonyl (C=O) groups excluding carboxylic acids is 2. The minimum absolute atomic E-state index is 0.0700. The van der Waals surface area contributed by atoms with E-state index in [4.69, 9.17) is 0 Å². The Morgan fingerprint density at radius 2 is 1.95 bits per heavy atom. The Labute approximate surface area is 217 Å². The Kier molecular flexibility index (Phi) is 7.41. The molecule has 3 aliphatic rings. The number of esters is 1. The number of ether oxygens (including phenoxy) is 1. The lowest BCUT2D eigenvalue weighted by molar-refractivity contribution is -0.205. The highest BCUT2D eigenvalue weighted by Gasteiger charge is 2.45. The van der Waals surface area contributed by atoms with Gasteiger partial charge in [-0.15, -0.1) is 5.10 Å². The zero-order chi connectivity index (χ0) is 26.7. The molecule has 2 aliphatic heterocycles. The molecule has 0 radical (unpaired) electrons. The molecule has 1 aromatic heterocycles. The molecular formula is C26H27F3N6O3. The number of carbonyl (C=O) groups is 2. The van der Waals surface area contributed by atoms with Gasteiger partial charge in [-0.1, -0.05) is 30.4 Å². The number of amides is 1. The number of alkyl halides is 3. The molecule has 1 unspecified atom stereocenters. The van der Waals surface area contributed by atoms with E-state index in [2.05, 4.69) is 25.2 Å². The van der Waals surface area contributed by atoms with Crippen LogP contribution >= 0.6 is 0 Å². The van der Waals surface area contributed by atoms with Crippen molar-refractivity contribution >= 4 is 17.6 Å². The fourth-order valence-corrected chi connectivity index (χ4v) is 4.82. The van der Waals surface area contributed by atoms with Crippen LogP contribution in [-0.4, -0.2) is 86.9 Å². The first-order valence-corrected chi connectivity index (χ1v) is 12.5. The van der Waals surface area contributed by atoms with Gasteiger partial charge >= 0.3 is 12.1 Å². The summed E-state index contributed by atoms with van der Waals surface area (Å²) in [5.74, 6) is -0.861. The third-order valence-electron chi connectivity index (χ3n) is 7.00. The van der Waals surface area contributed by atoms with Gasteiger partial charge in [0.1, 0.15) is 6.33 Å². The Bertz CT molecular complexity index is 1280. The second-order valence-electron chi connectivity index (χ2n) is 9.54. The zero-order valence-corrected chi connectivity index (χ0v) is 20.6. The van der Waals surface area contributed by atoms with Gasteiger partial charge in [0.15, 0.2) is 0 Å². The van der Waals surface area contributed by atoms with E-state index in [1.54, 1.807) is 22.9 Å². The summed E-state index contributed by atoms with van der Waals surface area (Å²) >= 11 is 0. The van der Waals surface area contributed by atoms with Crippen molar-refractivity contribution in [3.05, 3.63) is 71.1 Å². The van der Waals surface area contributed by atoms with Gasteiger partial charge < -0.3 is 9.64 Å². The van der Waals surface area contributed by atoms with Crippen LogP contribution in [0.3, 0.4) is 0 Å². The summed E-state index contributed by atoms with van der Waals surface area (Å²) in [6.07, 6.45) is 3.89. The number of benzene rings is 1. The first kappa shape index (κ1) is 25.8. The minimum atomic E-state index is -4.58. The van der Waals surface area contributed by atoms with Crippen molar-refractivity contribution in [2.45, 2.75) is 38.0 Å². The van der Waals surface area contributed by atoms with E-state index in [1.165, 1.54) is 6.33 Å². The third kappa shape index (κ3) is 6.01. The average Bonchev–Trinajstić information content (AvgIpc) is 3.34. The number of cyclic esters (lactones) is 1. The van der Waals surface area contributed by atoms with Gasteiger partial charge in [0.05, 0.1) is 12.0 Å². The van der Waals surface area contributed by atoms with Crippen LogP contribution in [0.25, 0.3) is 5.70 Å². The second kappa shape index (κ2) is 10.9. The maximum absolute atomic E-state index is 13.1. The SMILES string of the molecule is O=C1OC(C(F)(F)F)Cc2cc(CCN3CCN(C(=O)CC4=CC=C(n5cnnn5)CC=C4)CC3)ccc21. The fourth-order valence-electron chi connectivity index (χ4n) is 4.82. The van der Waals surface area contributed by atoms with Crippen molar-refractivity contribution < 1.29 is 27.5 Å². The van der Waals surface area contributed by atoms with Gasteiger partial charge in [-0.2, -0.15) is 13.2 Å². The van der Waals surface area contributed by atoms with Crippen LogP contribution in [0.1, 0.15) is 34.3 Å². The summed E-state index contributed by atoms with van der Waals surface area (Å²) < 4.78 is 45.4. The lowest BCUT2D eigenvalue weighted by Crippen LogP contribution is -2.49. The molecule has 1 amide bonds. The number of piperazine rings is 1. The van der Waals surface area contributed by atoms with E-state index in [1.807, 2.05) is 29.2 Å². The normalized spacial score (nSPS) is 20.3. The molecule has 1 aliphatic carbocycles. The van der Waals surface area contributed by atoms with Crippen LogP contribution in [-0.2, 0) is 22.4 Å². The summed E-state index contributed by atoms with van der Waals surface area (Å²) in [5.41, 5.74) is 3.28. The highest BCUT2D eigenvalue weighted by molar-refractivity contribution is 5.92. The van der Waals surface area contributed by atoms with Gasteiger partial charge in [0.25, 0.3) is 0 Å². The number of hydrogen-bond donors (Lipinski definition) is 0. The molecule has 0 N–H and O–H groups in total. The molecular weight excluding hydrogens is 501 g/mol. The molecule has 12 heteroatoms. The van der Waals surface area contributed by atoms with Crippen molar-refractivity contribution in [1.29, 1.82) is 0 Å². The summed E-state index contributed by atoms with van der Waals surface area (Å²) in [6, 6.07) is 5.00. The molecule has 0 saturated carbocycles. The van der Waals surface area contributed by atoms with Gasteiger partial charge in [0, 0.05) is 51.3 Å². The van der Waals surface area contributed by atoms with Crippen molar-refractivity contribution in [2.75, 3.05) is 32.7 Å². The monoisotopic (exact) mass is 528 g/mol. The molecule has 5 rings (SSSR count). The smallest absolute Gasteiger partial charge is 0.425 e. The Morgan fingerprint density at radius 1 is 1.13 bits per heavy atom. The number of fused-ring (bicyclic) bond motifs is 1. The average molecular weight is 529 g/mol. The lowest BCUT2D eigenvalue weighted by Gasteiger charge is -2.35. The van der Waals surface area contributed by atoms with E-state index in [9.17, 15) is 22.8 Å². The molecule has 1 saturated heterocycles. The highest BCUT2D eigenvalue weighted by atomic mass is 19.4. The number of rotatable bonds is 6. The Morgan fingerprint density at radius 3 is 2.68 bits per heavy atom. The predicted octanol–water partition coefficient (Wildman–Crippen LogP) is 2.82. The summed E-state index contributed by atoms with van der Waals surface area (Å²) in [6.45, 7) is 3.39. The number of tetrazole rings is 1. The van der Waals surface area contributed by atoms with Crippen molar-refractivity contribution in [2.24, 2.45) is 0 Å². The number of aromatic nitrogens is 4. The van der Waals surface area contributed by atoms with Crippen molar-refractivity contribution in [3.8, 4) is 0 Å². The minimum Gasteiger partial charge on any atom is -0.449 e. The van der Waals surface area contributed by atoms with Crippen LogP contribution < -0.4 is 0 Å². The van der Waals surface area contributed by atoms with Crippen LogP contribution in [0.2, 0.25) is 0 Å². The molecule has 2 aromatic rings. The zero-order valence-electron chi connectivity index (χ0n) is 20.6. The number of nitrogens with zero attached hydrogens (tertiary/aromatic N) is 6. The third-order valence-corrected chi connectivity index (χ3v) is 7.00. The van der Waals surface area contributed by atoms with Crippen LogP contribution in [0.4, 0.5) is 13.2 Å². The highest BCUT2D eigenvalue weighted by Crippen LogP contribution is 2.32. The largest absolute Gasteiger partial charge is 0.449 e. The molecule has 9 nitrogen and oxygen atoms in total. The van der Waals surface area contributed by atoms with Crippen LogP contribution in [0, 0.1) is 0 Å². The quantitative estimate of drug-likeness (QED) is 0.533. The summed E-state index contributed by atoms with van der Waals surface area (Å²) in [7, 11) is 0. The fraction of sp³-hybridized carbons (Fsp3) is 0.423. The number of hydrogen-bond acceptors (Lipinski definition) is 7. The standard InChI is InChI=1S/C26H27F3N6O3/c27-26(28,29)23-16-20-14-19(5-7-22(20)25(37)38-23)8-9-33-10-12-34(13-11-33)24(36)15-18-2-1-3-21(6-4-18)35-17-30-31-32-35/h1-2,4-7,14,17,23H,3,8-13,15-16H2. The van der Waals surface area contributed by atoms with E-state index in [-0.39, 0.29) is 17.9 Å². The lowest BCUT2D eigenvalue weighted by atomic mass is 9.95. The number of allylic oxidation sites excluding steroid dienone is 5. The predicted molar refractivity (Wildman–Crippen MR) is 131 cm³/mol. The van der Waals surface area contributed by atoms with E-state index in [0.717, 1.165) is 29.9 Å². The molecule has 3 heterocycles. The van der Waals surface area contributed by atoms with Gasteiger partial charge in [0.2, 0.25) is 12.0 Å². The summed E-state index contributed by atoms with van der Waals surface area (Å²) in [5, 5.41) is 11.2. The second-order valence-corrected chi connectivity index (χ2v) is 9.54. The van der Waals surface area contributed by atoms with E-state index in [0.29, 0.717) is 44.5 Å². The van der Waals surface area contributed by atoms with Crippen molar-refractivity contribution in [1.82, 2.24) is 30.0 Å². The molecule has 200 valence electrons. The number of halogens is 3.